The van der Waals surface area contributed by atoms with E-state index in [-0.39, 0.29) is 11.5 Å². The van der Waals surface area contributed by atoms with Gasteiger partial charge in [-0.1, -0.05) is 20.8 Å². The molecule has 9 atom stereocenters. The first-order valence-electron chi connectivity index (χ1n) is 10.5. The quantitative estimate of drug-likeness (QED) is 0.746. The second-order valence-electron chi connectivity index (χ2n) is 10.4. The second kappa shape index (κ2) is 5.56. The lowest BCUT2D eigenvalue weighted by Crippen LogP contribution is -2.56. The van der Waals surface area contributed by atoms with Gasteiger partial charge in [-0.15, -0.1) is 0 Å². The van der Waals surface area contributed by atoms with Gasteiger partial charge >= 0.3 is 0 Å². The Kier molecular flexibility index (Phi) is 3.95. The van der Waals surface area contributed by atoms with E-state index in [0.29, 0.717) is 23.0 Å². The van der Waals surface area contributed by atoms with E-state index in [9.17, 15) is 9.90 Å². The predicted molar refractivity (Wildman–Crippen MR) is 96.5 cm³/mol. The summed E-state index contributed by atoms with van der Waals surface area (Å²) in [5.41, 5.74) is 0.696. The van der Waals surface area contributed by atoms with Gasteiger partial charge in [0.25, 0.3) is 0 Å². The van der Waals surface area contributed by atoms with Crippen molar-refractivity contribution < 1.29 is 9.90 Å². The molecule has 4 rings (SSSR count). The minimum atomic E-state index is -0.0653. The fraction of sp³-hybridized carbons (Fsp3) is 0.955. The van der Waals surface area contributed by atoms with Crippen molar-refractivity contribution in [2.75, 3.05) is 0 Å². The van der Waals surface area contributed by atoms with Crippen molar-refractivity contribution in [3.8, 4) is 0 Å². The molecular weight excluding hydrogens is 296 g/mol. The Bertz CT molecular complexity index is 528. The minimum absolute atomic E-state index is 0.0653. The zero-order chi connectivity index (χ0) is 17.3. The van der Waals surface area contributed by atoms with Gasteiger partial charge < -0.3 is 5.11 Å². The molecule has 0 radical (unpaired) electrons. The van der Waals surface area contributed by atoms with E-state index in [1.807, 2.05) is 6.92 Å². The molecule has 0 amide bonds. The number of carbonyl (C=O) groups is 1. The first-order valence-corrected chi connectivity index (χ1v) is 10.5. The van der Waals surface area contributed by atoms with E-state index < -0.39 is 0 Å². The van der Waals surface area contributed by atoms with E-state index in [4.69, 9.17) is 0 Å². The standard InChI is InChI=1S/C22H36O2/c1-13-11-16-18-6-5-17(14(2)23)21(18,3)10-8-19(16)22(4)9-7-15(24)12-20(13)22/h13,15-20,24H,5-12H2,1-4H3/t13-,15+,16?,17+,18?,19?,20-,21+,22+/m0/s1. The third-order valence-corrected chi connectivity index (χ3v) is 9.50. The van der Waals surface area contributed by atoms with Crippen LogP contribution in [-0.4, -0.2) is 17.0 Å². The normalized spacial score (nSPS) is 57.0. The Hall–Kier alpha value is -0.370. The van der Waals surface area contributed by atoms with Gasteiger partial charge in [0, 0.05) is 5.92 Å². The van der Waals surface area contributed by atoms with Gasteiger partial charge in [-0.2, -0.15) is 0 Å². The molecule has 0 spiro atoms. The Morgan fingerprint density at radius 3 is 2.29 bits per heavy atom. The van der Waals surface area contributed by atoms with Gasteiger partial charge in [0.2, 0.25) is 0 Å². The van der Waals surface area contributed by atoms with Crippen molar-refractivity contribution in [3.05, 3.63) is 0 Å². The van der Waals surface area contributed by atoms with Crippen LogP contribution in [0.1, 0.15) is 79.1 Å². The molecule has 0 aliphatic heterocycles. The van der Waals surface area contributed by atoms with Crippen LogP contribution in [0.25, 0.3) is 0 Å². The van der Waals surface area contributed by atoms with Gasteiger partial charge in [-0.25, -0.2) is 0 Å². The van der Waals surface area contributed by atoms with E-state index in [2.05, 4.69) is 20.8 Å². The molecule has 0 aromatic carbocycles. The smallest absolute Gasteiger partial charge is 0.133 e. The van der Waals surface area contributed by atoms with Crippen molar-refractivity contribution in [1.82, 2.24) is 0 Å². The topological polar surface area (TPSA) is 37.3 Å². The minimum Gasteiger partial charge on any atom is -0.393 e. The summed E-state index contributed by atoms with van der Waals surface area (Å²) in [6.45, 7) is 9.27. The third-order valence-electron chi connectivity index (χ3n) is 9.50. The number of carbonyl (C=O) groups excluding carboxylic acids is 1. The molecule has 4 fully saturated rings. The van der Waals surface area contributed by atoms with Crippen LogP contribution in [0.3, 0.4) is 0 Å². The third kappa shape index (κ3) is 2.20. The summed E-state index contributed by atoms with van der Waals surface area (Å²) in [6.07, 6.45) is 9.49. The highest BCUT2D eigenvalue weighted by molar-refractivity contribution is 5.79. The van der Waals surface area contributed by atoms with E-state index >= 15 is 0 Å². The maximum atomic E-state index is 12.2. The van der Waals surface area contributed by atoms with Crippen LogP contribution in [0.4, 0.5) is 0 Å². The SMILES string of the molecule is CC(=O)[C@H]1CCC2C3C[C@H](C)[C@@H]4C[C@H](O)CC[C@]4(C)C3CC[C@@]21C. The number of fused-ring (bicyclic) bond motifs is 5. The first kappa shape index (κ1) is 17.1. The lowest BCUT2D eigenvalue weighted by atomic mass is 9.43. The molecule has 0 heterocycles. The molecule has 0 aromatic heterocycles. The maximum Gasteiger partial charge on any atom is 0.133 e. The number of rotatable bonds is 1. The van der Waals surface area contributed by atoms with Gasteiger partial charge in [-0.05, 0) is 98.7 Å². The number of aliphatic hydroxyl groups is 1. The van der Waals surface area contributed by atoms with E-state index in [1.165, 1.54) is 32.1 Å². The van der Waals surface area contributed by atoms with Crippen molar-refractivity contribution in [3.63, 3.8) is 0 Å². The summed E-state index contributed by atoms with van der Waals surface area (Å²) in [5, 5.41) is 10.2. The number of ketones is 1. The van der Waals surface area contributed by atoms with Crippen molar-refractivity contribution in [2.45, 2.75) is 85.2 Å². The average Bonchev–Trinajstić information content (AvgIpc) is 2.87. The summed E-state index contributed by atoms with van der Waals surface area (Å²) >= 11 is 0. The highest BCUT2D eigenvalue weighted by Gasteiger charge is 2.61. The molecule has 2 heteroatoms. The Labute approximate surface area is 147 Å². The highest BCUT2D eigenvalue weighted by Crippen LogP contribution is 2.68. The molecule has 1 N–H and O–H groups in total. The largest absolute Gasteiger partial charge is 0.393 e. The molecule has 0 aromatic rings. The zero-order valence-electron chi connectivity index (χ0n) is 16.1. The average molecular weight is 333 g/mol. The monoisotopic (exact) mass is 332 g/mol. The summed E-state index contributed by atoms with van der Waals surface area (Å²) in [6, 6.07) is 0. The fourth-order valence-electron chi connectivity index (χ4n) is 8.38. The van der Waals surface area contributed by atoms with Crippen LogP contribution in [0.2, 0.25) is 0 Å². The number of aliphatic hydroxyl groups excluding tert-OH is 1. The van der Waals surface area contributed by atoms with Gasteiger partial charge in [0.15, 0.2) is 0 Å². The summed E-state index contributed by atoms with van der Waals surface area (Å²) in [7, 11) is 0. The number of hydrogen-bond donors (Lipinski definition) is 1. The van der Waals surface area contributed by atoms with Gasteiger partial charge in [0.1, 0.15) is 5.78 Å². The van der Waals surface area contributed by atoms with Crippen LogP contribution in [0.5, 0.6) is 0 Å². The molecular formula is C22H36O2. The molecule has 4 saturated carbocycles. The number of Topliss-reactive ketones (excluding diaryl/α,β-unsaturated/α-hetero) is 1. The first-order chi connectivity index (χ1) is 11.3. The molecule has 4 aliphatic rings. The Balaban J connectivity index is 1.65. The Morgan fingerprint density at radius 2 is 1.58 bits per heavy atom. The molecule has 3 unspecified atom stereocenters. The summed E-state index contributed by atoms with van der Waals surface area (Å²) < 4.78 is 0. The molecule has 2 nitrogen and oxygen atoms in total. The van der Waals surface area contributed by atoms with Crippen LogP contribution < -0.4 is 0 Å². The number of hydrogen-bond acceptors (Lipinski definition) is 2. The molecule has 136 valence electrons. The molecule has 24 heavy (non-hydrogen) atoms. The lowest BCUT2D eigenvalue weighted by molar-refractivity contribution is -0.151. The summed E-state index contributed by atoms with van der Waals surface area (Å²) in [5.74, 6) is 4.60. The van der Waals surface area contributed by atoms with Crippen LogP contribution in [0, 0.1) is 46.3 Å². The van der Waals surface area contributed by atoms with Crippen molar-refractivity contribution >= 4 is 5.78 Å². The predicted octanol–water partition coefficient (Wildman–Crippen LogP) is 4.84. The van der Waals surface area contributed by atoms with Crippen LogP contribution in [0.15, 0.2) is 0 Å². The zero-order valence-corrected chi connectivity index (χ0v) is 16.1. The van der Waals surface area contributed by atoms with Crippen molar-refractivity contribution in [2.24, 2.45) is 46.3 Å². The van der Waals surface area contributed by atoms with E-state index in [0.717, 1.165) is 42.9 Å². The van der Waals surface area contributed by atoms with Gasteiger partial charge in [-0.3, -0.25) is 4.79 Å². The summed E-state index contributed by atoms with van der Waals surface area (Å²) in [4.78, 5) is 12.2. The highest BCUT2D eigenvalue weighted by atomic mass is 16.3. The second-order valence-corrected chi connectivity index (χ2v) is 10.4. The van der Waals surface area contributed by atoms with Crippen molar-refractivity contribution in [1.29, 1.82) is 0 Å². The van der Waals surface area contributed by atoms with Gasteiger partial charge in [0.05, 0.1) is 6.10 Å². The Morgan fingerprint density at radius 1 is 0.917 bits per heavy atom. The van der Waals surface area contributed by atoms with E-state index in [1.54, 1.807) is 0 Å². The lowest BCUT2D eigenvalue weighted by Gasteiger charge is -2.62. The fourth-order valence-corrected chi connectivity index (χ4v) is 8.38. The van der Waals surface area contributed by atoms with Crippen LogP contribution >= 0.6 is 0 Å². The molecule has 0 saturated heterocycles. The maximum absolute atomic E-state index is 12.2. The molecule has 4 aliphatic carbocycles. The van der Waals surface area contributed by atoms with Crippen LogP contribution in [-0.2, 0) is 4.79 Å². The molecule has 0 bridgehead atoms.